The molecule has 0 aliphatic carbocycles. The van der Waals surface area contributed by atoms with E-state index in [9.17, 15) is 4.79 Å². The Morgan fingerprint density at radius 2 is 1.68 bits per heavy atom. The maximum Gasteiger partial charge on any atom is 0.244 e. The average molecular weight is 386 g/mol. The Balaban J connectivity index is 2.02. The number of benzene rings is 2. The van der Waals surface area contributed by atoms with Gasteiger partial charge in [-0.25, -0.2) is 5.43 Å². The van der Waals surface area contributed by atoms with Gasteiger partial charge in [0.25, 0.3) is 0 Å². The van der Waals surface area contributed by atoms with Crippen molar-refractivity contribution in [2.75, 3.05) is 27.9 Å². The summed E-state index contributed by atoms with van der Waals surface area (Å²) in [6.07, 6.45) is 2.62. The molecular formula is C21H26N2O5. The third-order valence-electron chi connectivity index (χ3n) is 3.86. The van der Waals surface area contributed by atoms with Crippen molar-refractivity contribution in [3.63, 3.8) is 0 Å². The molecule has 1 amide bonds. The molecule has 0 radical (unpaired) electrons. The average Bonchev–Trinajstić information content (AvgIpc) is 2.72. The third-order valence-corrected chi connectivity index (χ3v) is 3.86. The molecular weight excluding hydrogens is 360 g/mol. The van der Waals surface area contributed by atoms with Crippen molar-refractivity contribution in [1.29, 1.82) is 0 Å². The van der Waals surface area contributed by atoms with Crippen molar-refractivity contribution in [3.8, 4) is 23.0 Å². The maximum absolute atomic E-state index is 12.1. The summed E-state index contributed by atoms with van der Waals surface area (Å²) in [6.45, 7) is 2.58. The Morgan fingerprint density at radius 3 is 2.21 bits per heavy atom. The molecule has 7 nitrogen and oxygen atoms in total. The van der Waals surface area contributed by atoms with Gasteiger partial charge in [0.05, 0.1) is 40.6 Å². The molecule has 2 rings (SSSR count). The van der Waals surface area contributed by atoms with E-state index in [1.807, 2.05) is 31.2 Å². The molecule has 2 aromatic rings. The number of methoxy groups -OCH3 is 3. The lowest BCUT2D eigenvalue weighted by molar-refractivity contribution is -0.120. The predicted molar refractivity (Wildman–Crippen MR) is 108 cm³/mol. The number of hydrogen-bond donors (Lipinski definition) is 1. The second kappa shape index (κ2) is 10.8. The van der Waals surface area contributed by atoms with Crippen LogP contribution in [0.1, 0.15) is 24.5 Å². The highest BCUT2D eigenvalue weighted by Crippen LogP contribution is 2.38. The van der Waals surface area contributed by atoms with Crippen LogP contribution < -0.4 is 24.4 Å². The summed E-state index contributed by atoms with van der Waals surface area (Å²) in [5, 5.41) is 4.01. The summed E-state index contributed by atoms with van der Waals surface area (Å²) in [6, 6.07) is 10.8. The molecule has 0 fully saturated rings. The third kappa shape index (κ3) is 5.90. The van der Waals surface area contributed by atoms with E-state index in [-0.39, 0.29) is 12.3 Å². The van der Waals surface area contributed by atoms with Gasteiger partial charge < -0.3 is 18.9 Å². The van der Waals surface area contributed by atoms with Crippen LogP contribution in [0.2, 0.25) is 0 Å². The zero-order chi connectivity index (χ0) is 20.4. The van der Waals surface area contributed by atoms with Gasteiger partial charge in [-0.3, -0.25) is 4.79 Å². The first-order valence-electron chi connectivity index (χ1n) is 8.94. The molecule has 0 atom stereocenters. The number of carbonyl (C=O) groups excluding carboxylic acids is 1. The minimum absolute atomic E-state index is 0.219. The fourth-order valence-corrected chi connectivity index (χ4v) is 2.47. The summed E-state index contributed by atoms with van der Waals surface area (Å²) in [7, 11) is 4.72. The van der Waals surface area contributed by atoms with Crippen LogP contribution in [0, 0.1) is 0 Å². The number of nitrogens with one attached hydrogen (secondary N) is 1. The van der Waals surface area contributed by atoms with Crippen molar-refractivity contribution in [1.82, 2.24) is 5.43 Å². The standard InChI is InChI=1S/C21H26N2O5/c1-5-10-28-21-18(26-3)11-16(12-19(21)27-4)14-22-23-20(24)13-15-6-8-17(25-2)9-7-15/h6-9,11-12,14H,5,10,13H2,1-4H3,(H,23,24)/b22-14-. The molecule has 0 saturated carbocycles. The van der Waals surface area contributed by atoms with Crippen molar-refractivity contribution in [2.45, 2.75) is 19.8 Å². The normalized spacial score (nSPS) is 10.6. The first-order valence-corrected chi connectivity index (χ1v) is 8.94. The monoisotopic (exact) mass is 386 g/mol. The summed E-state index contributed by atoms with van der Waals surface area (Å²) in [5.41, 5.74) is 4.10. The summed E-state index contributed by atoms with van der Waals surface area (Å²) >= 11 is 0. The van der Waals surface area contributed by atoms with Crippen molar-refractivity contribution in [2.24, 2.45) is 5.10 Å². The predicted octanol–water partition coefficient (Wildman–Crippen LogP) is 3.19. The number of nitrogens with zero attached hydrogens (tertiary/aromatic N) is 1. The highest BCUT2D eigenvalue weighted by atomic mass is 16.5. The van der Waals surface area contributed by atoms with Gasteiger partial charge in [0.15, 0.2) is 11.5 Å². The number of ether oxygens (including phenoxy) is 4. The van der Waals surface area contributed by atoms with Gasteiger partial charge in [-0.05, 0) is 36.2 Å². The molecule has 0 aliphatic heterocycles. The van der Waals surface area contributed by atoms with Crippen LogP contribution in [0.3, 0.4) is 0 Å². The van der Waals surface area contributed by atoms with Crippen LogP contribution in [-0.2, 0) is 11.2 Å². The fraction of sp³-hybridized carbons (Fsp3) is 0.333. The zero-order valence-corrected chi connectivity index (χ0v) is 16.7. The summed E-state index contributed by atoms with van der Waals surface area (Å²) < 4.78 is 21.6. The van der Waals surface area contributed by atoms with Gasteiger partial charge in [0.2, 0.25) is 11.7 Å². The van der Waals surface area contributed by atoms with Gasteiger partial charge in [-0.1, -0.05) is 19.1 Å². The molecule has 0 aliphatic rings. The lowest BCUT2D eigenvalue weighted by atomic mass is 10.1. The molecule has 1 N–H and O–H groups in total. The zero-order valence-electron chi connectivity index (χ0n) is 16.7. The van der Waals surface area contributed by atoms with Crippen LogP contribution in [-0.4, -0.2) is 40.1 Å². The van der Waals surface area contributed by atoms with Crippen LogP contribution >= 0.6 is 0 Å². The van der Waals surface area contributed by atoms with E-state index >= 15 is 0 Å². The van der Waals surface area contributed by atoms with E-state index < -0.39 is 0 Å². The fourth-order valence-electron chi connectivity index (χ4n) is 2.47. The highest BCUT2D eigenvalue weighted by molar-refractivity contribution is 5.85. The summed E-state index contributed by atoms with van der Waals surface area (Å²) in [5.74, 6) is 2.16. The Morgan fingerprint density at radius 1 is 1.04 bits per heavy atom. The summed E-state index contributed by atoms with van der Waals surface area (Å²) in [4.78, 5) is 12.1. The smallest absolute Gasteiger partial charge is 0.244 e. The minimum atomic E-state index is -0.219. The van der Waals surface area contributed by atoms with Gasteiger partial charge in [0.1, 0.15) is 5.75 Å². The number of hydrazone groups is 1. The van der Waals surface area contributed by atoms with E-state index in [0.29, 0.717) is 29.4 Å². The van der Waals surface area contributed by atoms with Gasteiger partial charge in [0, 0.05) is 5.56 Å². The lowest BCUT2D eigenvalue weighted by Gasteiger charge is -2.14. The second-order valence-corrected chi connectivity index (χ2v) is 5.92. The largest absolute Gasteiger partial charge is 0.497 e. The van der Waals surface area contributed by atoms with Crippen molar-refractivity contribution < 1.29 is 23.7 Å². The Labute approximate surface area is 165 Å². The highest BCUT2D eigenvalue weighted by Gasteiger charge is 2.13. The van der Waals surface area contributed by atoms with E-state index in [0.717, 1.165) is 17.7 Å². The van der Waals surface area contributed by atoms with Crippen molar-refractivity contribution >= 4 is 12.1 Å². The first-order chi connectivity index (χ1) is 13.6. The number of carbonyl (C=O) groups is 1. The van der Waals surface area contributed by atoms with Crippen molar-refractivity contribution in [3.05, 3.63) is 47.5 Å². The molecule has 7 heteroatoms. The molecule has 28 heavy (non-hydrogen) atoms. The van der Waals surface area contributed by atoms with Gasteiger partial charge in [-0.15, -0.1) is 0 Å². The molecule has 0 heterocycles. The topological polar surface area (TPSA) is 78.4 Å². The van der Waals surface area contributed by atoms with E-state index in [1.165, 1.54) is 6.21 Å². The SMILES string of the molecule is CCCOc1c(OC)cc(/C=N\NC(=O)Cc2ccc(OC)cc2)cc1OC. The van der Waals surface area contributed by atoms with E-state index in [4.69, 9.17) is 18.9 Å². The number of hydrogen-bond acceptors (Lipinski definition) is 6. The molecule has 0 bridgehead atoms. The van der Waals surface area contributed by atoms with E-state index in [2.05, 4.69) is 10.5 Å². The number of amides is 1. The molecule has 0 aromatic heterocycles. The Bertz CT molecular complexity index is 778. The molecule has 150 valence electrons. The second-order valence-electron chi connectivity index (χ2n) is 5.92. The maximum atomic E-state index is 12.1. The molecule has 0 spiro atoms. The molecule has 0 saturated heterocycles. The van der Waals surface area contributed by atoms with Crippen LogP contribution in [0.25, 0.3) is 0 Å². The van der Waals surface area contributed by atoms with Crippen LogP contribution in [0.15, 0.2) is 41.5 Å². The van der Waals surface area contributed by atoms with E-state index in [1.54, 1.807) is 33.5 Å². The lowest BCUT2D eigenvalue weighted by Crippen LogP contribution is -2.19. The first kappa shape index (κ1) is 21.1. The van der Waals surface area contributed by atoms with Crippen LogP contribution in [0.5, 0.6) is 23.0 Å². The Hall–Kier alpha value is -3.22. The molecule has 2 aromatic carbocycles. The molecule has 0 unspecified atom stereocenters. The Kier molecular flexibility index (Phi) is 8.14. The van der Waals surface area contributed by atoms with Gasteiger partial charge in [-0.2, -0.15) is 5.10 Å². The quantitative estimate of drug-likeness (QED) is 0.501. The minimum Gasteiger partial charge on any atom is -0.497 e. The van der Waals surface area contributed by atoms with Crippen LogP contribution in [0.4, 0.5) is 0 Å². The van der Waals surface area contributed by atoms with Gasteiger partial charge >= 0.3 is 0 Å². The number of rotatable bonds is 10.